The highest BCUT2D eigenvalue weighted by Crippen LogP contribution is 2.19. The lowest BCUT2D eigenvalue weighted by Gasteiger charge is -2.14. The van der Waals surface area contributed by atoms with Crippen molar-refractivity contribution in [1.82, 2.24) is 0 Å². The van der Waals surface area contributed by atoms with Gasteiger partial charge in [0.1, 0.15) is 17.4 Å². The third-order valence-electron chi connectivity index (χ3n) is 3.29. The summed E-state index contributed by atoms with van der Waals surface area (Å²) in [5.74, 6) is -3.37. The molecule has 0 spiro atoms. The van der Waals surface area contributed by atoms with Gasteiger partial charge in [0, 0.05) is 6.07 Å². The van der Waals surface area contributed by atoms with Crippen LogP contribution in [0, 0.1) is 18.6 Å². The van der Waals surface area contributed by atoms with Gasteiger partial charge in [0.25, 0.3) is 5.91 Å². The summed E-state index contributed by atoms with van der Waals surface area (Å²) >= 11 is 0. The summed E-state index contributed by atoms with van der Waals surface area (Å²) in [7, 11) is 0. The predicted molar refractivity (Wildman–Crippen MR) is 82.7 cm³/mol. The fraction of sp³-hybridized carbons (Fsp3) is 0.176. The van der Waals surface area contributed by atoms with Crippen LogP contribution in [-0.2, 0) is 9.53 Å². The molecule has 1 atom stereocenters. The second kappa shape index (κ2) is 7.08. The van der Waals surface area contributed by atoms with E-state index in [1.54, 1.807) is 6.92 Å². The first-order valence-corrected chi connectivity index (χ1v) is 7.04. The van der Waals surface area contributed by atoms with Crippen molar-refractivity contribution in [3.8, 4) is 5.75 Å². The van der Waals surface area contributed by atoms with Crippen LogP contribution in [0.3, 0.4) is 0 Å². The Kier molecular flexibility index (Phi) is 5.13. The molecule has 126 valence electrons. The van der Waals surface area contributed by atoms with Crippen LogP contribution in [0.2, 0.25) is 0 Å². The van der Waals surface area contributed by atoms with E-state index in [1.165, 1.54) is 25.1 Å². The van der Waals surface area contributed by atoms with Crippen LogP contribution in [0.5, 0.6) is 5.75 Å². The number of phenols is 1. The Bertz CT molecular complexity index is 792. The molecule has 7 heteroatoms. The Morgan fingerprint density at radius 2 is 1.88 bits per heavy atom. The Labute approximate surface area is 136 Å². The molecule has 0 heterocycles. The fourth-order valence-electron chi connectivity index (χ4n) is 1.84. The molecule has 1 amide bonds. The number of ether oxygens (including phenoxy) is 1. The first-order valence-electron chi connectivity index (χ1n) is 7.04. The van der Waals surface area contributed by atoms with Gasteiger partial charge in [-0.15, -0.1) is 0 Å². The molecule has 0 aliphatic carbocycles. The van der Waals surface area contributed by atoms with Crippen LogP contribution < -0.4 is 5.32 Å². The average molecular weight is 335 g/mol. The monoisotopic (exact) mass is 335 g/mol. The highest BCUT2D eigenvalue weighted by molar-refractivity contribution is 5.97. The standard InChI is InChI=1S/C17H15F2NO4/c1-9-3-4-11(7-15(9)21)17(23)24-10(2)16(22)20-14-6-5-12(18)8-13(14)19/h3-8,10,21H,1-2H3,(H,20,22). The maximum absolute atomic E-state index is 13.5. The van der Waals surface area contributed by atoms with Crippen LogP contribution >= 0.6 is 0 Å². The van der Waals surface area contributed by atoms with Gasteiger partial charge < -0.3 is 15.2 Å². The van der Waals surface area contributed by atoms with Gasteiger partial charge in [-0.25, -0.2) is 13.6 Å². The molecule has 1 unspecified atom stereocenters. The topological polar surface area (TPSA) is 75.6 Å². The van der Waals surface area contributed by atoms with Crippen molar-refractivity contribution in [3.05, 3.63) is 59.2 Å². The first kappa shape index (κ1) is 17.4. The zero-order valence-corrected chi connectivity index (χ0v) is 13.0. The molecule has 0 radical (unpaired) electrons. The fourth-order valence-corrected chi connectivity index (χ4v) is 1.84. The largest absolute Gasteiger partial charge is 0.508 e. The number of aryl methyl sites for hydroxylation is 1. The maximum atomic E-state index is 13.5. The number of hydrogen-bond donors (Lipinski definition) is 2. The third-order valence-corrected chi connectivity index (χ3v) is 3.29. The number of amides is 1. The molecule has 2 aromatic carbocycles. The van der Waals surface area contributed by atoms with E-state index in [1.807, 2.05) is 0 Å². The molecule has 2 N–H and O–H groups in total. The number of esters is 1. The molecule has 0 aromatic heterocycles. The second-order valence-corrected chi connectivity index (χ2v) is 5.16. The molecular formula is C17H15F2NO4. The zero-order chi connectivity index (χ0) is 17.9. The lowest BCUT2D eigenvalue weighted by atomic mass is 10.1. The summed E-state index contributed by atoms with van der Waals surface area (Å²) in [5.41, 5.74) is 0.437. The van der Waals surface area contributed by atoms with Crippen LogP contribution in [0.4, 0.5) is 14.5 Å². The Morgan fingerprint density at radius 3 is 2.50 bits per heavy atom. The second-order valence-electron chi connectivity index (χ2n) is 5.16. The number of benzene rings is 2. The van der Waals surface area contributed by atoms with Crippen molar-refractivity contribution in [2.45, 2.75) is 20.0 Å². The van der Waals surface area contributed by atoms with Crippen LogP contribution in [-0.4, -0.2) is 23.1 Å². The van der Waals surface area contributed by atoms with E-state index in [-0.39, 0.29) is 17.0 Å². The van der Waals surface area contributed by atoms with E-state index >= 15 is 0 Å². The molecule has 2 aromatic rings. The first-order chi connectivity index (χ1) is 11.3. The highest BCUT2D eigenvalue weighted by atomic mass is 19.1. The van der Waals surface area contributed by atoms with Crippen LogP contribution in [0.1, 0.15) is 22.8 Å². The number of carbonyl (C=O) groups is 2. The van der Waals surface area contributed by atoms with E-state index in [2.05, 4.69) is 5.32 Å². The molecular weight excluding hydrogens is 320 g/mol. The summed E-state index contributed by atoms with van der Waals surface area (Å²) in [6, 6.07) is 6.88. The molecule has 0 aliphatic rings. The van der Waals surface area contributed by atoms with E-state index < -0.39 is 29.6 Å². The normalized spacial score (nSPS) is 11.7. The number of halogens is 2. The van der Waals surface area contributed by atoms with Gasteiger partial charge in [0.15, 0.2) is 6.10 Å². The minimum atomic E-state index is -1.22. The van der Waals surface area contributed by atoms with Crippen molar-refractivity contribution in [1.29, 1.82) is 0 Å². The molecule has 5 nitrogen and oxygen atoms in total. The number of hydrogen-bond acceptors (Lipinski definition) is 4. The van der Waals surface area contributed by atoms with Gasteiger partial charge in [0.2, 0.25) is 0 Å². The van der Waals surface area contributed by atoms with Crippen molar-refractivity contribution in [2.24, 2.45) is 0 Å². The van der Waals surface area contributed by atoms with Gasteiger partial charge in [-0.05, 0) is 43.7 Å². The number of phenolic OH excluding ortho intramolecular Hbond substituents is 1. The molecule has 24 heavy (non-hydrogen) atoms. The minimum Gasteiger partial charge on any atom is -0.508 e. The SMILES string of the molecule is Cc1ccc(C(=O)OC(C)C(=O)Nc2ccc(F)cc2F)cc1O. The predicted octanol–water partition coefficient (Wildman–Crippen LogP) is 3.16. The summed E-state index contributed by atoms with van der Waals surface area (Å²) in [6.45, 7) is 2.97. The van der Waals surface area contributed by atoms with E-state index in [4.69, 9.17) is 4.74 Å². The van der Waals surface area contributed by atoms with Crippen molar-refractivity contribution in [2.75, 3.05) is 5.32 Å². The molecule has 2 rings (SSSR count). The van der Waals surface area contributed by atoms with Gasteiger partial charge in [0.05, 0.1) is 11.3 Å². The van der Waals surface area contributed by atoms with E-state index in [0.717, 1.165) is 12.1 Å². The molecule has 0 saturated carbocycles. The Morgan fingerprint density at radius 1 is 1.17 bits per heavy atom. The number of anilines is 1. The van der Waals surface area contributed by atoms with Gasteiger partial charge in [-0.1, -0.05) is 6.07 Å². The summed E-state index contributed by atoms with van der Waals surface area (Å²) in [4.78, 5) is 23.9. The maximum Gasteiger partial charge on any atom is 0.339 e. The highest BCUT2D eigenvalue weighted by Gasteiger charge is 2.20. The molecule has 0 fully saturated rings. The smallest absolute Gasteiger partial charge is 0.339 e. The quantitative estimate of drug-likeness (QED) is 0.842. The van der Waals surface area contributed by atoms with Gasteiger partial charge in [-0.2, -0.15) is 0 Å². The van der Waals surface area contributed by atoms with Crippen LogP contribution in [0.25, 0.3) is 0 Å². The molecule has 0 saturated heterocycles. The lowest BCUT2D eigenvalue weighted by Crippen LogP contribution is -2.30. The van der Waals surface area contributed by atoms with Crippen LogP contribution in [0.15, 0.2) is 36.4 Å². The van der Waals surface area contributed by atoms with Crippen molar-refractivity contribution >= 4 is 17.6 Å². The van der Waals surface area contributed by atoms with Crippen molar-refractivity contribution < 1.29 is 28.2 Å². The summed E-state index contributed by atoms with van der Waals surface area (Å²) in [6.07, 6.45) is -1.22. The average Bonchev–Trinajstić information content (AvgIpc) is 2.52. The number of carbonyl (C=O) groups excluding carboxylic acids is 2. The van der Waals surface area contributed by atoms with E-state index in [9.17, 15) is 23.5 Å². The molecule has 0 aliphatic heterocycles. The number of rotatable bonds is 4. The Balaban J connectivity index is 2.02. The third kappa shape index (κ3) is 4.07. The molecule has 0 bridgehead atoms. The minimum absolute atomic E-state index is 0.0741. The van der Waals surface area contributed by atoms with Crippen molar-refractivity contribution in [3.63, 3.8) is 0 Å². The van der Waals surface area contributed by atoms with Gasteiger partial charge >= 0.3 is 5.97 Å². The number of nitrogens with one attached hydrogen (secondary N) is 1. The Hall–Kier alpha value is -2.96. The van der Waals surface area contributed by atoms with E-state index in [0.29, 0.717) is 11.6 Å². The zero-order valence-electron chi connectivity index (χ0n) is 13.0. The van der Waals surface area contributed by atoms with Gasteiger partial charge in [-0.3, -0.25) is 4.79 Å². The summed E-state index contributed by atoms with van der Waals surface area (Å²) < 4.78 is 31.3. The summed E-state index contributed by atoms with van der Waals surface area (Å²) in [5, 5.41) is 11.8. The lowest BCUT2D eigenvalue weighted by molar-refractivity contribution is -0.123. The number of aromatic hydroxyl groups is 1.